The molecule has 1 aliphatic rings. The molecule has 2 heterocycles. The summed E-state index contributed by atoms with van der Waals surface area (Å²) in [4.78, 5) is 15.0. The van der Waals surface area contributed by atoms with Gasteiger partial charge in [-0.05, 0) is 31.5 Å². The van der Waals surface area contributed by atoms with Gasteiger partial charge in [0.1, 0.15) is 11.5 Å². The molecule has 1 amide bonds. The normalized spacial score (nSPS) is 15.7. The van der Waals surface area contributed by atoms with Crippen molar-refractivity contribution in [2.24, 2.45) is 0 Å². The number of carbonyl (C=O) groups is 1. The maximum Gasteiger partial charge on any atom is 0.227 e. The molecule has 5 nitrogen and oxygen atoms in total. The van der Waals surface area contributed by atoms with Crippen molar-refractivity contribution in [1.82, 2.24) is 15.4 Å². The minimum atomic E-state index is -0.0429. The molecule has 1 aromatic heterocycles. The van der Waals surface area contributed by atoms with Crippen molar-refractivity contribution in [1.29, 1.82) is 0 Å². The zero-order valence-electron chi connectivity index (χ0n) is 16.6. The van der Waals surface area contributed by atoms with Crippen LogP contribution in [-0.2, 0) is 11.2 Å². The minimum absolute atomic E-state index is 0.0429. The Morgan fingerprint density at radius 1 is 1.00 bits per heavy atom. The van der Waals surface area contributed by atoms with Crippen LogP contribution in [0.15, 0.2) is 71.3 Å². The first kappa shape index (κ1) is 19.4. The van der Waals surface area contributed by atoms with E-state index in [0.717, 1.165) is 24.3 Å². The minimum Gasteiger partial charge on any atom is -0.360 e. The average Bonchev–Trinajstić information content (AvgIpc) is 3.24. The van der Waals surface area contributed by atoms with Crippen molar-refractivity contribution in [3.8, 4) is 11.3 Å². The third-order valence-corrected chi connectivity index (χ3v) is 5.47. The highest BCUT2D eigenvalue weighted by molar-refractivity contribution is 5.78. The monoisotopic (exact) mass is 389 g/mol. The molecular formula is C24H27N3O2. The molecule has 1 unspecified atom stereocenters. The molecule has 0 spiro atoms. The van der Waals surface area contributed by atoms with Gasteiger partial charge in [-0.3, -0.25) is 9.69 Å². The molecular weight excluding hydrogens is 362 g/mol. The first-order valence-corrected chi connectivity index (χ1v) is 10.4. The molecule has 0 radical (unpaired) electrons. The van der Waals surface area contributed by atoms with Gasteiger partial charge in [0.15, 0.2) is 0 Å². The summed E-state index contributed by atoms with van der Waals surface area (Å²) in [6.07, 6.45) is 3.93. The van der Waals surface area contributed by atoms with E-state index < -0.39 is 0 Å². The van der Waals surface area contributed by atoms with Crippen LogP contribution in [0.4, 0.5) is 0 Å². The molecule has 150 valence electrons. The number of nitrogens with zero attached hydrogens (tertiary/aromatic N) is 2. The standard InChI is InChI=1S/C24H27N3O2/c28-24(17-21-16-22(26-29-21)19-10-4-1-5-11-19)25-18-23(20-12-6-2-7-13-20)27-14-8-3-9-15-27/h1-2,4-7,10-13,16,23H,3,8-9,14-15,17-18H2,(H,25,28). The number of piperidine rings is 1. The zero-order chi connectivity index (χ0) is 19.9. The van der Waals surface area contributed by atoms with Crippen LogP contribution in [0.3, 0.4) is 0 Å². The van der Waals surface area contributed by atoms with Crippen molar-refractivity contribution in [3.05, 3.63) is 78.1 Å². The highest BCUT2D eigenvalue weighted by atomic mass is 16.5. The summed E-state index contributed by atoms with van der Waals surface area (Å²) in [6, 6.07) is 22.3. The lowest BCUT2D eigenvalue weighted by atomic mass is 10.0. The number of aromatic nitrogens is 1. The van der Waals surface area contributed by atoms with Gasteiger partial charge in [0.25, 0.3) is 0 Å². The fourth-order valence-electron chi connectivity index (χ4n) is 3.94. The Labute approximate surface area is 171 Å². The number of hydrogen-bond donors (Lipinski definition) is 1. The number of amides is 1. The van der Waals surface area contributed by atoms with Crippen LogP contribution >= 0.6 is 0 Å². The highest BCUT2D eigenvalue weighted by Gasteiger charge is 2.23. The summed E-state index contributed by atoms with van der Waals surface area (Å²) < 4.78 is 5.38. The molecule has 1 fully saturated rings. The molecule has 3 aromatic rings. The number of hydrogen-bond acceptors (Lipinski definition) is 4. The summed E-state index contributed by atoms with van der Waals surface area (Å²) in [5, 5.41) is 7.20. The first-order valence-electron chi connectivity index (χ1n) is 10.4. The Kier molecular flexibility index (Phi) is 6.37. The van der Waals surface area contributed by atoms with Crippen LogP contribution in [0, 0.1) is 0 Å². The third-order valence-electron chi connectivity index (χ3n) is 5.47. The molecule has 1 atom stereocenters. The van der Waals surface area contributed by atoms with E-state index in [-0.39, 0.29) is 18.4 Å². The van der Waals surface area contributed by atoms with Gasteiger partial charge in [-0.2, -0.15) is 0 Å². The van der Waals surface area contributed by atoms with E-state index in [2.05, 4.69) is 39.6 Å². The summed E-state index contributed by atoms with van der Waals surface area (Å²) in [5.74, 6) is 0.536. The smallest absolute Gasteiger partial charge is 0.227 e. The fraction of sp³-hybridized carbons (Fsp3) is 0.333. The zero-order valence-corrected chi connectivity index (χ0v) is 16.6. The molecule has 5 heteroatoms. The van der Waals surface area contributed by atoms with E-state index in [1.165, 1.54) is 24.8 Å². The van der Waals surface area contributed by atoms with Crippen LogP contribution in [0.5, 0.6) is 0 Å². The lowest BCUT2D eigenvalue weighted by molar-refractivity contribution is -0.121. The molecule has 0 saturated carbocycles. The van der Waals surface area contributed by atoms with Crippen LogP contribution in [0.25, 0.3) is 11.3 Å². The Morgan fingerprint density at radius 2 is 1.69 bits per heavy atom. The second-order valence-corrected chi connectivity index (χ2v) is 7.55. The molecule has 1 aliphatic heterocycles. The second kappa shape index (κ2) is 9.52. The van der Waals surface area contributed by atoms with E-state index >= 15 is 0 Å². The molecule has 1 saturated heterocycles. The molecule has 0 bridgehead atoms. The molecule has 2 aromatic carbocycles. The Balaban J connectivity index is 1.37. The van der Waals surface area contributed by atoms with E-state index in [0.29, 0.717) is 12.3 Å². The number of rotatable bonds is 7. The highest BCUT2D eigenvalue weighted by Crippen LogP contribution is 2.24. The summed E-state index contributed by atoms with van der Waals surface area (Å²) in [7, 11) is 0. The van der Waals surface area contributed by atoms with Crippen molar-refractivity contribution in [2.75, 3.05) is 19.6 Å². The quantitative estimate of drug-likeness (QED) is 0.657. The molecule has 0 aliphatic carbocycles. The summed E-state index contributed by atoms with van der Waals surface area (Å²) in [6.45, 7) is 2.76. The van der Waals surface area contributed by atoms with Crippen molar-refractivity contribution < 1.29 is 9.32 Å². The SMILES string of the molecule is O=C(Cc1cc(-c2ccccc2)no1)NCC(c1ccccc1)N1CCCCC1. The number of likely N-dealkylation sites (tertiary alicyclic amines) is 1. The largest absolute Gasteiger partial charge is 0.360 e. The Bertz CT molecular complexity index is 902. The van der Waals surface area contributed by atoms with Gasteiger partial charge in [0.05, 0.1) is 12.5 Å². The summed E-state index contributed by atoms with van der Waals surface area (Å²) in [5.41, 5.74) is 2.99. The summed E-state index contributed by atoms with van der Waals surface area (Å²) >= 11 is 0. The van der Waals surface area contributed by atoms with Crippen LogP contribution in [0.2, 0.25) is 0 Å². The van der Waals surface area contributed by atoms with E-state index in [1.54, 1.807) is 0 Å². The average molecular weight is 389 g/mol. The molecule has 4 rings (SSSR count). The fourth-order valence-corrected chi connectivity index (χ4v) is 3.94. The van der Waals surface area contributed by atoms with Crippen LogP contribution in [0.1, 0.15) is 36.6 Å². The van der Waals surface area contributed by atoms with E-state index in [1.807, 2.05) is 42.5 Å². The molecule has 1 N–H and O–H groups in total. The number of carbonyl (C=O) groups excluding carboxylic acids is 1. The van der Waals surface area contributed by atoms with Crippen molar-refractivity contribution >= 4 is 5.91 Å². The Morgan fingerprint density at radius 3 is 2.41 bits per heavy atom. The lowest BCUT2D eigenvalue weighted by Crippen LogP contribution is -2.41. The van der Waals surface area contributed by atoms with Gasteiger partial charge < -0.3 is 9.84 Å². The van der Waals surface area contributed by atoms with Crippen molar-refractivity contribution in [2.45, 2.75) is 31.7 Å². The van der Waals surface area contributed by atoms with Gasteiger partial charge in [-0.1, -0.05) is 72.2 Å². The second-order valence-electron chi connectivity index (χ2n) is 7.55. The predicted octanol–water partition coefficient (Wildman–Crippen LogP) is 4.23. The van der Waals surface area contributed by atoms with Crippen LogP contribution < -0.4 is 5.32 Å². The number of nitrogens with one attached hydrogen (secondary N) is 1. The topological polar surface area (TPSA) is 58.4 Å². The van der Waals surface area contributed by atoms with Crippen molar-refractivity contribution in [3.63, 3.8) is 0 Å². The van der Waals surface area contributed by atoms with E-state index in [4.69, 9.17) is 4.52 Å². The first-order chi connectivity index (χ1) is 14.3. The van der Waals surface area contributed by atoms with Gasteiger partial charge in [-0.25, -0.2) is 0 Å². The predicted molar refractivity (Wildman–Crippen MR) is 113 cm³/mol. The number of benzene rings is 2. The third kappa shape index (κ3) is 5.12. The van der Waals surface area contributed by atoms with Gasteiger partial charge in [0, 0.05) is 18.2 Å². The van der Waals surface area contributed by atoms with Gasteiger partial charge in [0.2, 0.25) is 5.91 Å². The van der Waals surface area contributed by atoms with Gasteiger partial charge >= 0.3 is 0 Å². The van der Waals surface area contributed by atoms with E-state index in [9.17, 15) is 4.79 Å². The molecule has 29 heavy (non-hydrogen) atoms. The van der Waals surface area contributed by atoms with Gasteiger partial charge in [-0.15, -0.1) is 0 Å². The maximum absolute atomic E-state index is 12.6. The van der Waals surface area contributed by atoms with Crippen LogP contribution in [-0.4, -0.2) is 35.6 Å². The lowest BCUT2D eigenvalue weighted by Gasteiger charge is -2.35. The maximum atomic E-state index is 12.6. The Hall–Kier alpha value is -2.92.